The molecule has 2 aromatic carbocycles. The molecule has 1 N–H and O–H groups in total. The van der Waals surface area contributed by atoms with Crippen molar-refractivity contribution in [3.8, 4) is 11.5 Å². The first-order valence-corrected chi connectivity index (χ1v) is 11.2. The van der Waals surface area contributed by atoms with Crippen LogP contribution < -0.4 is 14.8 Å². The van der Waals surface area contributed by atoms with Crippen LogP contribution in [-0.4, -0.2) is 26.3 Å². The van der Waals surface area contributed by atoms with Gasteiger partial charge >= 0.3 is 0 Å². The predicted octanol–water partition coefficient (Wildman–Crippen LogP) is 5.89. The summed E-state index contributed by atoms with van der Waals surface area (Å²) >= 11 is 1.62. The molecule has 1 aromatic heterocycles. The largest absolute Gasteiger partial charge is 0.497 e. The molecule has 1 unspecified atom stereocenters. The van der Waals surface area contributed by atoms with Crippen LogP contribution in [0.2, 0.25) is 0 Å². The summed E-state index contributed by atoms with van der Waals surface area (Å²) in [6.07, 6.45) is 4.73. The van der Waals surface area contributed by atoms with Crippen molar-refractivity contribution in [3.63, 3.8) is 0 Å². The molecule has 3 aromatic rings. The van der Waals surface area contributed by atoms with Gasteiger partial charge in [-0.1, -0.05) is 25.1 Å². The highest BCUT2D eigenvalue weighted by Gasteiger charge is 2.27. The molecule has 0 fully saturated rings. The van der Waals surface area contributed by atoms with Crippen molar-refractivity contribution in [3.05, 3.63) is 70.1 Å². The van der Waals surface area contributed by atoms with Crippen LogP contribution in [0.3, 0.4) is 0 Å². The van der Waals surface area contributed by atoms with Crippen LogP contribution in [-0.2, 0) is 12.8 Å². The Balaban J connectivity index is 1.72. The minimum Gasteiger partial charge on any atom is -0.497 e. The molecule has 1 heterocycles. The van der Waals surface area contributed by atoms with Crippen molar-refractivity contribution in [2.75, 3.05) is 19.5 Å². The van der Waals surface area contributed by atoms with Crippen LogP contribution in [0.25, 0.3) is 0 Å². The number of ether oxygens (including phenoxy) is 2. The number of hydrogen-bond acceptors (Lipinski definition) is 5. The molecule has 1 atom stereocenters. The number of benzene rings is 2. The minimum absolute atomic E-state index is 0.108. The fourth-order valence-electron chi connectivity index (χ4n) is 3.85. The standard InChI is InChI=1S/C25H26N2O3S/c1-16-9-11-20-22(13-16)31-25(23(20)24(28)27-18-7-5-4-6-8-18)26-15-17-14-19(29-2)10-12-21(17)30-3/h4-8,10,12,14-16H,9,11,13H2,1-3H3,(H,27,28). The molecule has 6 heteroatoms. The molecule has 0 aliphatic heterocycles. The Morgan fingerprint density at radius 2 is 1.97 bits per heavy atom. The second kappa shape index (κ2) is 9.35. The summed E-state index contributed by atoms with van der Waals surface area (Å²) in [6.45, 7) is 2.26. The number of methoxy groups -OCH3 is 2. The fourth-order valence-corrected chi connectivity index (χ4v) is 5.20. The molecule has 1 aliphatic carbocycles. The smallest absolute Gasteiger partial charge is 0.259 e. The number of anilines is 1. The van der Waals surface area contributed by atoms with Crippen LogP contribution in [0.15, 0.2) is 53.5 Å². The summed E-state index contributed by atoms with van der Waals surface area (Å²) in [5, 5.41) is 3.77. The Labute approximate surface area is 186 Å². The van der Waals surface area contributed by atoms with E-state index in [0.29, 0.717) is 17.2 Å². The fraction of sp³-hybridized carbons (Fsp3) is 0.280. The van der Waals surface area contributed by atoms with E-state index in [1.54, 1.807) is 31.8 Å². The van der Waals surface area contributed by atoms with Crippen molar-refractivity contribution in [1.82, 2.24) is 0 Å². The Morgan fingerprint density at radius 1 is 1.16 bits per heavy atom. The summed E-state index contributed by atoms with van der Waals surface area (Å²) in [4.78, 5) is 19.3. The van der Waals surface area contributed by atoms with E-state index in [4.69, 9.17) is 14.5 Å². The zero-order valence-corrected chi connectivity index (χ0v) is 18.8. The lowest BCUT2D eigenvalue weighted by atomic mass is 9.88. The average Bonchev–Trinajstić information content (AvgIpc) is 3.15. The van der Waals surface area contributed by atoms with Crippen LogP contribution in [0.5, 0.6) is 11.5 Å². The number of carbonyl (C=O) groups excluding carboxylic acids is 1. The van der Waals surface area contributed by atoms with E-state index in [9.17, 15) is 4.79 Å². The van der Waals surface area contributed by atoms with Gasteiger partial charge in [-0.25, -0.2) is 4.99 Å². The quantitative estimate of drug-likeness (QED) is 0.492. The Bertz CT molecular complexity index is 1110. The van der Waals surface area contributed by atoms with Gasteiger partial charge in [0.2, 0.25) is 0 Å². The lowest BCUT2D eigenvalue weighted by Gasteiger charge is -2.18. The number of rotatable bonds is 6. The van der Waals surface area contributed by atoms with Gasteiger partial charge in [0.15, 0.2) is 0 Å². The third kappa shape index (κ3) is 4.64. The van der Waals surface area contributed by atoms with Crippen molar-refractivity contribution in [1.29, 1.82) is 0 Å². The van der Waals surface area contributed by atoms with Gasteiger partial charge in [-0.15, -0.1) is 11.3 Å². The third-order valence-electron chi connectivity index (χ3n) is 5.51. The number of amides is 1. The lowest BCUT2D eigenvalue weighted by molar-refractivity contribution is 0.102. The normalized spacial score (nSPS) is 15.5. The summed E-state index contributed by atoms with van der Waals surface area (Å²) in [5.41, 5.74) is 3.41. The van der Waals surface area contributed by atoms with Crippen LogP contribution >= 0.6 is 11.3 Å². The van der Waals surface area contributed by atoms with Crippen LogP contribution in [0, 0.1) is 5.92 Å². The van der Waals surface area contributed by atoms with Crippen molar-refractivity contribution in [2.45, 2.75) is 26.2 Å². The van der Waals surface area contributed by atoms with E-state index >= 15 is 0 Å². The van der Waals surface area contributed by atoms with Gasteiger partial charge in [-0.05, 0) is 61.1 Å². The van der Waals surface area contributed by atoms with Gasteiger partial charge in [0, 0.05) is 22.3 Å². The average molecular weight is 435 g/mol. The molecule has 31 heavy (non-hydrogen) atoms. The lowest BCUT2D eigenvalue weighted by Crippen LogP contribution is -2.16. The number of thiophene rings is 1. The van der Waals surface area contributed by atoms with Crippen LogP contribution in [0.1, 0.15) is 39.7 Å². The Morgan fingerprint density at radius 3 is 2.71 bits per heavy atom. The first kappa shape index (κ1) is 21.1. The van der Waals surface area contributed by atoms with Crippen molar-refractivity contribution < 1.29 is 14.3 Å². The molecule has 0 saturated carbocycles. The van der Waals surface area contributed by atoms with Gasteiger partial charge in [-0.2, -0.15) is 0 Å². The zero-order chi connectivity index (χ0) is 21.8. The number of hydrogen-bond donors (Lipinski definition) is 1. The first-order chi connectivity index (χ1) is 15.1. The summed E-state index contributed by atoms with van der Waals surface area (Å²) in [6, 6.07) is 15.1. The van der Waals surface area contributed by atoms with E-state index in [-0.39, 0.29) is 5.91 Å². The molecule has 0 spiro atoms. The Hall–Kier alpha value is -3.12. The molecule has 0 saturated heterocycles. The van der Waals surface area contributed by atoms with Gasteiger partial charge in [0.05, 0.1) is 19.8 Å². The Kier molecular flexibility index (Phi) is 6.37. The van der Waals surface area contributed by atoms with E-state index < -0.39 is 0 Å². The predicted molar refractivity (Wildman–Crippen MR) is 127 cm³/mol. The molecule has 1 aliphatic rings. The summed E-state index contributed by atoms with van der Waals surface area (Å²) in [5.74, 6) is 1.94. The highest BCUT2D eigenvalue weighted by atomic mass is 32.1. The number of aliphatic imine (C=N–C) groups is 1. The second-order valence-electron chi connectivity index (χ2n) is 7.72. The zero-order valence-electron chi connectivity index (χ0n) is 18.0. The maximum Gasteiger partial charge on any atom is 0.259 e. The molecule has 1 amide bonds. The highest BCUT2D eigenvalue weighted by Crippen LogP contribution is 2.41. The second-order valence-corrected chi connectivity index (χ2v) is 8.80. The third-order valence-corrected chi connectivity index (χ3v) is 6.67. The monoisotopic (exact) mass is 434 g/mol. The SMILES string of the molecule is COc1ccc(OC)c(C=Nc2sc3c(c2C(=O)Nc2ccccc2)CCC(C)C3)c1. The maximum absolute atomic E-state index is 13.3. The number of fused-ring (bicyclic) bond motifs is 1. The van der Waals surface area contributed by atoms with E-state index in [1.165, 1.54) is 4.88 Å². The maximum atomic E-state index is 13.3. The highest BCUT2D eigenvalue weighted by molar-refractivity contribution is 7.16. The number of nitrogens with zero attached hydrogens (tertiary/aromatic N) is 1. The van der Waals surface area contributed by atoms with E-state index in [0.717, 1.165) is 46.8 Å². The molecular formula is C25H26N2O3S. The van der Waals surface area contributed by atoms with E-state index in [1.807, 2.05) is 48.5 Å². The van der Waals surface area contributed by atoms with Gasteiger partial charge in [0.25, 0.3) is 5.91 Å². The summed E-state index contributed by atoms with van der Waals surface area (Å²) in [7, 11) is 3.26. The summed E-state index contributed by atoms with van der Waals surface area (Å²) < 4.78 is 10.8. The molecule has 0 radical (unpaired) electrons. The molecule has 5 nitrogen and oxygen atoms in total. The van der Waals surface area contributed by atoms with Gasteiger partial charge < -0.3 is 14.8 Å². The van der Waals surface area contributed by atoms with E-state index in [2.05, 4.69) is 12.2 Å². The molecule has 4 rings (SSSR count). The number of nitrogens with one attached hydrogen (secondary N) is 1. The van der Waals surface area contributed by atoms with Crippen molar-refractivity contribution in [2.24, 2.45) is 10.9 Å². The minimum atomic E-state index is -0.108. The topological polar surface area (TPSA) is 59.9 Å². The molecule has 0 bridgehead atoms. The van der Waals surface area contributed by atoms with Gasteiger partial charge in [0.1, 0.15) is 16.5 Å². The van der Waals surface area contributed by atoms with Gasteiger partial charge in [-0.3, -0.25) is 4.79 Å². The van der Waals surface area contributed by atoms with Crippen molar-refractivity contribution >= 4 is 34.1 Å². The number of carbonyl (C=O) groups is 1. The molecule has 160 valence electrons. The van der Waals surface area contributed by atoms with Crippen LogP contribution in [0.4, 0.5) is 10.7 Å². The molecular weight excluding hydrogens is 408 g/mol. The first-order valence-electron chi connectivity index (χ1n) is 10.4. The number of para-hydroxylation sites is 1.